The lowest BCUT2D eigenvalue weighted by molar-refractivity contribution is 0.362. The van der Waals surface area contributed by atoms with Crippen LogP contribution in [0.5, 0.6) is 0 Å². The highest BCUT2D eigenvalue weighted by Crippen LogP contribution is 2.24. The van der Waals surface area contributed by atoms with Gasteiger partial charge in [-0.1, -0.05) is 11.3 Å². The maximum atomic E-state index is 8.68. The Morgan fingerprint density at radius 1 is 1.29 bits per heavy atom. The van der Waals surface area contributed by atoms with Gasteiger partial charge in [-0.15, -0.1) is 10.2 Å². The Morgan fingerprint density at radius 2 is 2.00 bits per heavy atom. The molecule has 0 atom stereocenters. The Balaban J connectivity index is 1.99. The van der Waals surface area contributed by atoms with E-state index in [1.165, 1.54) is 11.3 Å². The summed E-state index contributed by atoms with van der Waals surface area (Å²) in [4.78, 5) is 3.91. The van der Waals surface area contributed by atoms with Crippen LogP contribution in [0.3, 0.4) is 0 Å². The van der Waals surface area contributed by atoms with Crippen LogP contribution in [0.25, 0.3) is 0 Å². The van der Waals surface area contributed by atoms with E-state index < -0.39 is 0 Å². The van der Waals surface area contributed by atoms with Gasteiger partial charge >= 0.3 is 0 Å². The summed E-state index contributed by atoms with van der Waals surface area (Å²) in [5.74, 6) is 0. The highest BCUT2D eigenvalue weighted by Gasteiger charge is 2.18. The quantitative estimate of drug-likeness (QED) is 0.712. The average molecular weight is 274 g/mol. The zero-order valence-corrected chi connectivity index (χ0v) is 9.75. The van der Waals surface area contributed by atoms with E-state index in [4.69, 9.17) is 5.26 Å². The summed E-state index contributed by atoms with van der Waals surface area (Å²) < 4.78 is 0.801. The minimum Gasteiger partial charge on any atom is -0.343 e. The van der Waals surface area contributed by atoms with Crippen molar-refractivity contribution in [3.8, 4) is 6.19 Å². The predicted octanol–water partition coefficient (Wildman–Crippen LogP) is 0.904. The number of rotatable bonds is 1. The molecule has 0 amide bonds. The zero-order valence-electron chi connectivity index (χ0n) is 7.35. The van der Waals surface area contributed by atoms with Crippen LogP contribution in [-0.4, -0.2) is 41.3 Å². The molecule has 0 aliphatic carbocycles. The Kier molecular flexibility index (Phi) is 2.84. The van der Waals surface area contributed by atoms with Crippen molar-refractivity contribution in [2.45, 2.75) is 0 Å². The fraction of sp³-hybridized carbons (Fsp3) is 0.571. The molecule has 0 spiro atoms. The van der Waals surface area contributed by atoms with Crippen LogP contribution in [-0.2, 0) is 0 Å². The molecule has 14 heavy (non-hydrogen) atoms. The van der Waals surface area contributed by atoms with Crippen molar-refractivity contribution >= 4 is 32.4 Å². The maximum absolute atomic E-state index is 8.68. The number of hydrogen-bond acceptors (Lipinski definition) is 6. The molecule has 1 aromatic heterocycles. The fourth-order valence-electron chi connectivity index (χ4n) is 1.32. The molecule has 2 rings (SSSR count). The van der Waals surface area contributed by atoms with Gasteiger partial charge in [-0.2, -0.15) is 5.26 Å². The Morgan fingerprint density at radius 3 is 2.50 bits per heavy atom. The lowest BCUT2D eigenvalue weighted by Crippen LogP contribution is -2.44. The van der Waals surface area contributed by atoms with Gasteiger partial charge in [0.25, 0.3) is 0 Å². The monoisotopic (exact) mass is 273 g/mol. The standard InChI is InChI=1S/C7H8BrN5S/c8-6-10-11-7(14-6)13-3-1-12(5-9)2-4-13/h1-4H2. The van der Waals surface area contributed by atoms with Crippen molar-refractivity contribution in [1.29, 1.82) is 5.26 Å². The summed E-state index contributed by atoms with van der Waals surface area (Å²) in [5.41, 5.74) is 0. The molecule has 1 aliphatic rings. The molecule has 0 aromatic carbocycles. The Bertz CT molecular complexity index is 351. The molecule has 1 aliphatic heterocycles. The summed E-state index contributed by atoms with van der Waals surface area (Å²) in [6.07, 6.45) is 2.15. The van der Waals surface area contributed by atoms with Gasteiger partial charge in [0, 0.05) is 26.2 Å². The molecule has 7 heteroatoms. The van der Waals surface area contributed by atoms with Gasteiger partial charge < -0.3 is 9.80 Å². The summed E-state index contributed by atoms with van der Waals surface area (Å²) in [6, 6.07) is 0. The summed E-state index contributed by atoms with van der Waals surface area (Å²) in [5, 5.41) is 17.5. The van der Waals surface area contributed by atoms with Gasteiger partial charge in [0.05, 0.1) is 0 Å². The SMILES string of the molecule is N#CN1CCN(c2nnc(Br)s2)CC1. The first kappa shape index (κ1) is 9.68. The van der Waals surface area contributed by atoms with Crippen molar-refractivity contribution in [2.75, 3.05) is 31.1 Å². The minimum atomic E-state index is 0.772. The first-order valence-electron chi connectivity index (χ1n) is 4.18. The van der Waals surface area contributed by atoms with Crippen LogP contribution >= 0.6 is 27.3 Å². The van der Waals surface area contributed by atoms with Gasteiger partial charge in [-0.3, -0.25) is 0 Å². The van der Waals surface area contributed by atoms with Crippen molar-refractivity contribution in [2.24, 2.45) is 0 Å². The lowest BCUT2D eigenvalue weighted by Gasteiger charge is -2.30. The normalized spacial score (nSPS) is 16.9. The van der Waals surface area contributed by atoms with Crippen LogP contribution < -0.4 is 4.90 Å². The summed E-state index contributed by atoms with van der Waals surface area (Å²) in [6.45, 7) is 3.23. The van der Waals surface area contributed by atoms with Gasteiger partial charge in [-0.25, -0.2) is 0 Å². The van der Waals surface area contributed by atoms with Gasteiger partial charge in [0.1, 0.15) is 0 Å². The van der Waals surface area contributed by atoms with E-state index in [0.29, 0.717) is 0 Å². The molecule has 1 fully saturated rings. The van der Waals surface area contributed by atoms with Gasteiger partial charge in [-0.05, 0) is 15.9 Å². The minimum absolute atomic E-state index is 0.772. The number of aromatic nitrogens is 2. The summed E-state index contributed by atoms with van der Waals surface area (Å²) >= 11 is 4.80. The molecule has 1 saturated heterocycles. The zero-order chi connectivity index (χ0) is 9.97. The Labute approximate surface area is 94.1 Å². The first-order valence-corrected chi connectivity index (χ1v) is 5.79. The van der Waals surface area contributed by atoms with Crippen LogP contribution in [0.15, 0.2) is 3.92 Å². The van der Waals surface area contributed by atoms with Crippen molar-refractivity contribution < 1.29 is 0 Å². The second-order valence-electron chi connectivity index (χ2n) is 2.91. The highest BCUT2D eigenvalue weighted by molar-refractivity contribution is 9.11. The third-order valence-electron chi connectivity index (χ3n) is 2.08. The van der Waals surface area contributed by atoms with E-state index in [2.05, 4.69) is 37.2 Å². The number of nitriles is 1. The van der Waals surface area contributed by atoms with Crippen LogP contribution in [0, 0.1) is 11.5 Å². The van der Waals surface area contributed by atoms with Crippen LogP contribution in [0.4, 0.5) is 5.13 Å². The molecule has 0 unspecified atom stereocenters. The van der Waals surface area contributed by atoms with Crippen molar-refractivity contribution in [3.05, 3.63) is 3.92 Å². The molecule has 74 valence electrons. The van der Waals surface area contributed by atoms with E-state index in [1.54, 1.807) is 4.90 Å². The largest absolute Gasteiger partial charge is 0.343 e. The number of piperazine rings is 1. The molecule has 0 N–H and O–H groups in total. The summed E-state index contributed by atoms with van der Waals surface area (Å²) in [7, 11) is 0. The topological polar surface area (TPSA) is 56.1 Å². The number of anilines is 1. The maximum Gasteiger partial charge on any atom is 0.209 e. The molecular formula is C7H8BrN5S. The van der Waals surface area contributed by atoms with E-state index in [1.807, 2.05) is 0 Å². The van der Waals surface area contributed by atoms with Gasteiger partial charge in [0.2, 0.25) is 5.13 Å². The van der Waals surface area contributed by atoms with E-state index >= 15 is 0 Å². The van der Waals surface area contributed by atoms with E-state index in [0.717, 1.165) is 35.2 Å². The predicted molar refractivity (Wildman–Crippen MR) is 57.0 cm³/mol. The van der Waals surface area contributed by atoms with Crippen LogP contribution in [0.1, 0.15) is 0 Å². The van der Waals surface area contributed by atoms with E-state index in [9.17, 15) is 0 Å². The molecule has 2 heterocycles. The molecular weight excluding hydrogens is 266 g/mol. The van der Waals surface area contributed by atoms with Gasteiger partial charge in [0.15, 0.2) is 10.1 Å². The third kappa shape index (κ3) is 1.96. The smallest absolute Gasteiger partial charge is 0.209 e. The number of halogens is 1. The molecule has 0 bridgehead atoms. The number of hydrogen-bond donors (Lipinski definition) is 0. The van der Waals surface area contributed by atoms with E-state index in [-0.39, 0.29) is 0 Å². The first-order chi connectivity index (χ1) is 6.79. The highest BCUT2D eigenvalue weighted by atomic mass is 79.9. The average Bonchev–Trinajstić information content (AvgIpc) is 2.65. The van der Waals surface area contributed by atoms with Crippen LogP contribution in [0.2, 0.25) is 0 Å². The second-order valence-corrected chi connectivity index (χ2v) is 5.14. The third-order valence-corrected chi connectivity index (χ3v) is 3.50. The lowest BCUT2D eigenvalue weighted by atomic mass is 10.3. The molecule has 0 radical (unpaired) electrons. The molecule has 1 aromatic rings. The molecule has 5 nitrogen and oxygen atoms in total. The second kappa shape index (κ2) is 4.11. The Hall–Kier alpha value is -0.870. The van der Waals surface area contributed by atoms with Crippen molar-refractivity contribution in [1.82, 2.24) is 15.1 Å². The fourth-order valence-corrected chi connectivity index (χ4v) is 2.46. The number of nitrogens with zero attached hydrogens (tertiary/aromatic N) is 5. The molecule has 0 saturated carbocycles. The van der Waals surface area contributed by atoms with Crippen molar-refractivity contribution in [3.63, 3.8) is 0 Å².